The highest BCUT2D eigenvalue weighted by Gasteiger charge is 2.04. The third-order valence-corrected chi connectivity index (χ3v) is 2.43. The Hall–Kier alpha value is -0.910. The summed E-state index contributed by atoms with van der Waals surface area (Å²) in [6, 6.07) is 1.85. The van der Waals surface area contributed by atoms with Crippen LogP contribution in [0.25, 0.3) is 0 Å². The number of ether oxygens (including phenoxy) is 1. The zero-order chi connectivity index (χ0) is 13.2. The van der Waals surface area contributed by atoms with Gasteiger partial charge in [-0.1, -0.05) is 13.8 Å². The van der Waals surface area contributed by atoms with E-state index in [0.717, 1.165) is 26.2 Å². The van der Waals surface area contributed by atoms with E-state index >= 15 is 0 Å². The van der Waals surface area contributed by atoms with Crippen LogP contribution in [-0.2, 0) is 11.3 Å². The van der Waals surface area contributed by atoms with E-state index in [1.807, 2.05) is 12.3 Å². The number of aliphatic hydroxyl groups is 1. The van der Waals surface area contributed by atoms with Crippen LogP contribution in [0.4, 0.5) is 0 Å². The smallest absolute Gasteiger partial charge is 0.0860 e. The molecule has 0 bridgehead atoms. The molecule has 0 amide bonds. The Morgan fingerprint density at radius 1 is 1.44 bits per heavy atom. The maximum absolute atomic E-state index is 9.74. The third-order valence-electron chi connectivity index (χ3n) is 2.43. The standard InChI is InChI=1S/C13H25N3O2/c1-12(2)11-18-8-4-5-14-9-13(17)10-16-7-3-6-15-16/h3,6-7,12-14,17H,4-5,8-11H2,1-2H3. The number of hydrogen-bond acceptors (Lipinski definition) is 4. The van der Waals surface area contributed by atoms with Crippen LogP contribution < -0.4 is 5.32 Å². The van der Waals surface area contributed by atoms with Crippen LogP contribution in [0, 0.1) is 5.92 Å². The lowest BCUT2D eigenvalue weighted by Crippen LogP contribution is -2.31. The lowest BCUT2D eigenvalue weighted by molar-refractivity contribution is 0.105. The van der Waals surface area contributed by atoms with Crippen molar-refractivity contribution in [2.24, 2.45) is 5.92 Å². The van der Waals surface area contributed by atoms with Crippen LogP contribution in [0.3, 0.4) is 0 Å². The van der Waals surface area contributed by atoms with Gasteiger partial charge < -0.3 is 15.2 Å². The molecular formula is C13H25N3O2. The van der Waals surface area contributed by atoms with Crippen LogP contribution in [-0.4, -0.2) is 47.3 Å². The second-order valence-corrected chi connectivity index (χ2v) is 4.91. The van der Waals surface area contributed by atoms with Crippen molar-refractivity contribution in [3.8, 4) is 0 Å². The topological polar surface area (TPSA) is 59.3 Å². The van der Waals surface area contributed by atoms with Gasteiger partial charge in [-0.25, -0.2) is 0 Å². The van der Waals surface area contributed by atoms with E-state index in [1.165, 1.54) is 0 Å². The van der Waals surface area contributed by atoms with Gasteiger partial charge in [0.15, 0.2) is 0 Å². The number of aliphatic hydroxyl groups excluding tert-OH is 1. The van der Waals surface area contributed by atoms with Gasteiger partial charge in [0.25, 0.3) is 0 Å². The normalized spacial score (nSPS) is 13.1. The van der Waals surface area contributed by atoms with Crippen molar-refractivity contribution in [2.45, 2.75) is 32.9 Å². The van der Waals surface area contributed by atoms with Crippen LogP contribution >= 0.6 is 0 Å². The number of rotatable bonds is 10. The average Bonchev–Trinajstić information content (AvgIpc) is 2.80. The van der Waals surface area contributed by atoms with E-state index in [0.29, 0.717) is 19.0 Å². The predicted molar refractivity (Wildman–Crippen MR) is 71.4 cm³/mol. The summed E-state index contributed by atoms with van der Waals surface area (Å²) in [5.41, 5.74) is 0. The molecule has 0 aliphatic heterocycles. The first-order valence-electron chi connectivity index (χ1n) is 6.62. The maximum atomic E-state index is 9.74. The largest absolute Gasteiger partial charge is 0.390 e. The van der Waals surface area contributed by atoms with Crippen molar-refractivity contribution in [2.75, 3.05) is 26.3 Å². The van der Waals surface area contributed by atoms with Crippen molar-refractivity contribution in [3.63, 3.8) is 0 Å². The summed E-state index contributed by atoms with van der Waals surface area (Å²) >= 11 is 0. The summed E-state index contributed by atoms with van der Waals surface area (Å²) in [7, 11) is 0. The highest BCUT2D eigenvalue weighted by Crippen LogP contribution is 1.93. The fourth-order valence-electron chi connectivity index (χ4n) is 1.58. The van der Waals surface area contributed by atoms with Crippen LogP contribution in [0.1, 0.15) is 20.3 Å². The molecule has 0 spiro atoms. The minimum absolute atomic E-state index is 0.401. The van der Waals surface area contributed by atoms with Crippen molar-refractivity contribution < 1.29 is 9.84 Å². The molecular weight excluding hydrogens is 230 g/mol. The number of nitrogens with one attached hydrogen (secondary N) is 1. The van der Waals surface area contributed by atoms with Gasteiger partial charge in [-0.3, -0.25) is 4.68 Å². The van der Waals surface area contributed by atoms with E-state index < -0.39 is 6.10 Å². The van der Waals surface area contributed by atoms with Crippen molar-refractivity contribution >= 4 is 0 Å². The molecule has 0 fully saturated rings. The number of hydrogen-bond donors (Lipinski definition) is 2. The van der Waals surface area contributed by atoms with Gasteiger partial charge in [-0.2, -0.15) is 5.10 Å². The maximum Gasteiger partial charge on any atom is 0.0860 e. The number of nitrogens with zero attached hydrogens (tertiary/aromatic N) is 2. The molecule has 0 radical (unpaired) electrons. The van der Waals surface area contributed by atoms with Gasteiger partial charge in [0.2, 0.25) is 0 Å². The first kappa shape index (κ1) is 15.1. The lowest BCUT2D eigenvalue weighted by atomic mass is 10.2. The third kappa shape index (κ3) is 7.42. The summed E-state index contributed by atoms with van der Waals surface area (Å²) < 4.78 is 7.20. The lowest BCUT2D eigenvalue weighted by Gasteiger charge is -2.12. The number of aromatic nitrogens is 2. The molecule has 1 atom stereocenters. The minimum Gasteiger partial charge on any atom is -0.390 e. The second-order valence-electron chi connectivity index (χ2n) is 4.91. The quantitative estimate of drug-likeness (QED) is 0.610. The molecule has 2 N–H and O–H groups in total. The Balaban J connectivity index is 1.91. The molecule has 1 unspecified atom stereocenters. The van der Waals surface area contributed by atoms with Gasteiger partial charge in [-0.15, -0.1) is 0 Å². The Morgan fingerprint density at radius 2 is 2.28 bits per heavy atom. The zero-order valence-corrected chi connectivity index (χ0v) is 11.4. The van der Waals surface area contributed by atoms with Gasteiger partial charge in [0, 0.05) is 32.2 Å². The van der Waals surface area contributed by atoms with Gasteiger partial charge in [0.1, 0.15) is 0 Å². The van der Waals surface area contributed by atoms with Crippen molar-refractivity contribution in [1.29, 1.82) is 0 Å². The SMILES string of the molecule is CC(C)COCCCNCC(O)Cn1cccn1. The van der Waals surface area contributed by atoms with Crippen molar-refractivity contribution in [1.82, 2.24) is 15.1 Å². The fraction of sp³-hybridized carbons (Fsp3) is 0.769. The predicted octanol–water partition coefficient (Wildman–Crippen LogP) is 0.896. The van der Waals surface area contributed by atoms with Gasteiger partial charge in [-0.05, 0) is 24.9 Å². The average molecular weight is 255 g/mol. The molecule has 104 valence electrons. The molecule has 18 heavy (non-hydrogen) atoms. The summed E-state index contributed by atoms with van der Waals surface area (Å²) in [6.07, 6.45) is 4.14. The summed E-state index contributed by atoms with van der Waals surface area (Å²) in [5.74, 6) is 0.592. The first-order valence-corrected chi connectivity index (χ1v) is 6.62. The highest BCUT2D eigenvalue weighted by atomic mass is 16.5. The minimum atomic E-state index is -0.401. The molecule has 0 aromatic carbocycles. The van der Waals surface area contributed by atoms with E-state index in [2.05, 4.69) is 24.3 Å². The summed E-state index contributed by atoms with van der Waals surface area (Å²) in [4.78, 5) is 0. The second kappa shape index (κ2) is 9.08. The Labute approximate surface area is 109 Å². The molecule has 5 nitrogen and oxygen atoms in total. The highest BCUT2D eigenvalue weighted by molar-refractivity contribution is 4.78. The summed E-state index contributed by atoms with van der Waals surface area (Å²) in [5, 5.41) is 17.0. The Kier molecular flexibility index (Phi) is 7.64. The zero-order valence-electron chi connectivity index (χ0n) is 11.4. The van der Waals surface area contributed by atoms with Crippen molar-refractivity contribution in [3.05, 3.63) is 18.5 Å². The Bertz CT molecular complexity index is 288. The molecule has 1 aromatic rings. The van der Waals surface area contributed by atoms with Crippen LogP contribution in [0.15, 0.2) is 18.5 Å². The Morgan fingerprint density at radius 3 is 2.94 bits per heavy atom. The van der Waals surface area contributed by atoms with E-state index in [-0.39, 0.29) is 0 Å². The van der Waals surface area contributed by atoms with Gasteiger partial charge >= 0.3 is 0 Å². The van der Waals surface area contributed by atoms with E-state index in [4.69, 9.17) is 4.74 Å². The van der Waals surface area contributed by atoms with E-state index in [1.54, 1.807) is 10.9 Å². The monoisotopic (exact) mass is 255 g/mol. The van der Waals surface area contributed by atoms with Gasteiger partial charge in [0.05, 0.1) is 12.6 Å². The molecule has 1 rings (SSSR count). The molecule has 0 saturated carbocycles. The molecule has 1 heterocycles. The summed E-state index contributed by atoms with van der Waals surface area (Å²) in [6.45, 7) is 7.87. The molecule has 0 aliphatic carbocycles. The van der Waals surface area contributed by atoms with E-state index in [9.17, 15) is 5.11 Å². The molecule has 5 heteroatoms. The molecule has 0 aliphatic rings. The molecule has 0 saturated heterocycles. The first-order chi connectivity index (χ1) is 8.68. The fourth-order valence-corrected chi connectivity index (χ4v) is 1.58. The van der Waals surface area contributed by atoms with Crippen LogP contribution in [0.5, 0.6) is 0 Å². The van der Waals surface area contributed by atoms with Crippen LogP contribution in [0.2, 0.25) is 0 Å². The molecule has 1 aromatic heterocycles.